The Labute approximate surface area is 90.8 Å². The van der Waals surface area contributed by atoms with E-state index >= 15 is 0 Å². The van der Waals surface area contributed by atoms with Gasteiger partial charge in [-0.2, -0.15) is 13.2 Å². The minimum atomic E-state index is -4.44. The summed E-state index contributed by atoms with van der Waals surface area (Å²) in [7, 11) is 0. The van der Waals surface area contributed by atoms with E-state index in [1.165, 1.54) is 6.08 Å². The van der Waals surface area contributed by atoms with Crippen LogP contribution in [0.2, 0.25) is 0 Å². The second-order valence-electron chi connectivity index (χ2n) is 3.88. The molecule has 2 rings (SSSR count). The molecule has 0 heterocycles. The third-order valence-electron chi connectivity index (χ3n) is 2.92. The number of allylic oxidation sites excluding steroid dienone is 3. The van der Waals surface area contributed by atoms with E-state index in [0.29, 0.717) is 6.42 Å². The van der Waals surface area contributed by atoms with Gasteiger partial charge in [-0.3, -0.25) is 0 Å². The first-order valence-corrected chi connectivity index (χ1v) is 5.11. The lowest BCUT2D eigenvalue weighted by atomic mass is 9.96. The van der Waals surface area contributed by atoms with Crippen molar-refractivity contribution in [1.82, 2.24) is 0 Å². The average Bonchev–Trinajstić information content (AvgIpc) is 2.74. The first kappa shape index (κ1) is 11.2. The van der Waals surface area contributed by atoms with E-state index in [1.54, 1.807) is 13.0 Å². The quantitative estimate of drug-likeness (QED) is 0.540. The number of carbonyl (C=O) groups is 1. The lowest BCUT2D eigenvalue weighted by Gasteiger charge is -2.17. The summed E-state index contributed by atoms with van der Waals surface area (Å²) in [4.78, 5) is 11.5. The van der Waals surface area contributed by atoms with Gasteiger partial charge >= 0.3 is 12.1 Å². The molecule has 0 aromatic carbocycles. The average molecular weight is 232 g/mol. The number of esters is 1. The molecule has 2 nitrogen and oxygen atoms in total. The Morgan fingerprint density at radius 3 is 2.62 bits per heavy atom. The van der Waals surface area contributed by atoms with Crippen LogP contribution in [0.25, 0.3) is 0 Å². The summed E-state index contributed by atoms with van der Waals surface area (Å²) in [5.74, 6) is -1.91. The van der Waals surface area contributed by atoms with Crippen LogP contribution in [0, 0.1) is 11.8 Å². The molecule has 2 aliphatic carbocycles. The third-order valence-corrected chi connectivity index (χ3v) is 2.92. The summed E-state index contributed by atoms with van der Waals surface area (Å²) in [5.41, 5.74) is -0.902. The van der Waals surface area contributed by atoms with Crippen LogP contribution in [-0.4, -0.2) is 18.8 Å². The fraction of sp³-hybridized carbons (Fsp3) is 0.545. The van der Waals surface area contributed by atoms with Crippen LogP contribution in [-0.2, 0) is 9.53 Å². The monoisotopic (exact) mass is 232 g/mol. The van der Waals surface area contributed by atoms with Crippen LogP contribution in [0.5, 0.6) is 0 Å². The largest absolute Gasteiger partial charge is 0.463 e. The molecule has 2 aliphatic rings. The van der Waals surface area contributed by atoms with E-state index in [0.717, 1.165) is 0 Å². The van der Waals surface area contributed by atoms with Crippen molar-refractivity contribution in [3.8, 4) is 0 Å². The molecule has 0 saturated heterocycles. The molecule has 0 aliphatic heterocycles. The lowest BCUT2D eigenvalue weighted by Crippen LogP contribution is -2.22. The Morgan fingerprint density at radius 1 is 1.44 bits per heavy atom. The maximum Gasteiger partial charge on any atom is 0.413 e. The van der Waals surface area contributed by atoms with E-state index in [-0.39, 0.29) is 12.2 Å². The van der Waals surface area contributed by atoms with Crippen molar-refractivity contribution in [3.63, 3.8) is 0 Å². The molecule has 0 radical (unpaired) electrons. The second-order valence-corrected chi connectivity index (χ2v) is 3.88. The Bertz CT molecular complexity index is 379. The number of rotatable bonds is 2. The van der Waals surface area contributed by atoms with Crippen LogP contribution < -0.4 is 0 Å². The lowest BCUT2D eigenvalue weighted by molar-refractivity contribution is -0.140. The summed E-state index contributed by atoms with van der Waals surface area (Å²) < 4.78 is 43.0. The molecule has 0 fully saturated rings. The number of fused-ring (bicyclic) bond motifs is 2. The van der Waals surface area contributed by atoms with Crippen molar-refractivity contribution in [1.29, 1.82) is 0 Å². The van der Waals surface area contributed by atoms with Gasteiger partial charge in [-0.05, 0) is 13.3 Å². The SMILES string of the molecule is CCOC(=O)C1=C(C(F)(F)F)C2C=CC1C2. The maximum absolute atomic E-state index is 12.8. The van der Waals surface area contributed by atoms with Crippen LogP contribution in [0.1, 0.15) is 13.3 Å². The highest BCUT2D eigenvalue weighted by Gasteiger charge is 2.50. The van der Waals surface area contributed by atoms with E-state index in [1.807, 2.05) is 0 Å². The second kappa shape index (κ2) is 3.64. The number of alkyl halides is 3. The Hall–Kier alpha value is -1.26. The Morgan fingerprint density at radius 2 is 2.06 bits per heavy atom. The number of carbonyl (C=O) groups excluding carboxylic acids is 1. The molecule has 16 heavy (non-hydrogen) atoms. The molecule has 0 saturated carbocycles. The van der Waals surface area contributed by atoms with Crippen LogP contribution in [0.15, 0.2) is 23.3 Å². The zero-order valence-electron chi connectivity index (χ0n) is 8.67. The molecular formula is C11H11F3O2. The van der Waals surface area contributed by atoms with Gasteiger partial charge in [-0.1, -0.05) is 12.2 Å². The summed E-state index contributed by atoms with van der Waals surface area (Å²) >= 11 is 0. The molecular weight excluding hydrogens is 221 g/mol. The van der Waals surface area contributed by atoms with Gasteiger partial charge in [0.2, 0.25) is 0 Å². The zero-order chi connectivity index (χ0) is 11.9. The molecule has 2 unspecified atom stereocenters. The van der Waals surface area contributed by atoms with E-state index in [4.69, 9.17) is 0 Å². The van der Waals surface area contributed by atoms with Crippen LogP contribution in [0.4, 0.5) is 13.2 Å². The zero-order valence-corrected chi connectivity index (χ0v) is 8.67. The smallest absolute Gasteiger partial charge is 0.413 e. The van der Waals surface area contributed by atoms with Gasteiger partial charge < -0.3 is 4.74 Å². The van der Waals surface area contributed by atoms with Crippen LogP contribution >= 0.6 is 0 Å². The van der Waals surface area contributed by atoms with Crippen molar-refractivity contribution in [3.05, 3.63) is 23.3 Å². The van der Waals surface area contributed by atoms with Gasteiger partial charge in [-0.25, -0.2) is 4.79 Å². The van der Waals surface area contributed by atoms with Gasteiger partial charge in [0.1, 0.15) is 0 Å². The molecule has 0 N–H and O–H groups in total. The molecule has 0 amide bonds. The van der Waals surface area contributed by atoms with Crippen molar-refractivity contribution in [2.75, 3.05) is 6.61 Å². The first-order chi connectivity index (χ1) is 7.45. The molecule has 5 heteroatoms. The Balaban J connectivity index is 2.37. The third kappa shape index (κ3) is 1.64. The Kier molecular flexibility index (Phi) is 2.56. The molecule has 2 bridgehead atoms. The first-order valence-electron chi connectivity index (χ1n) is 5.11. The van der Waals surface area contributed by atoms with Gasteiger partial charge in [0.25, 0.3) is 0 Å². The number of hydrogen-bond donors (Lipinski definition) is 0. The molecule has 88 valence electrons. The van der Waals surface area contributed by atoms with Crippen molar-refractivity contribution in [2.45, 2.75) is 19.5 Å². The van der Waals surface area contributed by atoms with E-state index in [2.05, 4.69) is 4.74 Å². The van der Waals surface area contributed by atoms with Crippen molar-refractivity contribution in [2.24, 2.45) is 11.8 Å². The summed E-state index contributed by atoms with van der Waals surface area (Å²) in [5, 5.41) is 0. The van der Waals surface area contributed by atoms with Gasteiger partial charge in [0, 0.05) is 11.8 Å². The molecule has 0 spiro atoms. The van der Waals surface area contributed by atoms with Gasteiger partial charge in [0.15, 0.2) is 0 Å². The van der Waals surface area contributed by atoms with Gasteiger partial charge in [0.05, 0.1) is 17.8 Å². The number of hydrogen-bond acceptors (Lipinski definition) is 2. The van der Waals surface area contributed by atoms with Gasteiger partial charge in [-0.15, -0.1) is 0 Å². The maximum atomic E-state index is 12.8. The fourth-order valence-electron chi connectivity index (χ4n) is 2.36. The molecule has 2 atom stereocenters. The predicted molar refractivity (Wildman–Crippen MR) is 50.5 cm³/mol. The summed E-state index contributed by atoms with van der Waals surface area (Å²) in [6.45, 7) is 1.67. The van der Waals surface area contributed by atoms with Crippen molar-refractivity contribution < 1.29 is 22.7 Å². The molecule has 0 aromatic heterocycles. The van der Waals surface area contributed by atoms with E-state index < -0.39 is 29.6 Å². The summed E-state index contributed by atoms with van der Waals surface area (Å²) in [6.07, 6.45) is -0.905. The topological polar surface area (TPSA) is 26.3 Å². The minimum absolute atomic E-state index is 0.0918. The predicted octanol–water partition coefficient (Wildman–Crippen LogP) is 2.61. The standard InChI is InChI=1S/C11H11F3O2/c1-2-16-10(15)8-6-3-4-7(5-6)9(8)11(12,13)14/h3-4,6-7H,2,5H2,1H3. The number of halogens is 3. The number of ether oxygens (including phenoxy) is 1. The van der Waals surface area contributed by atoms with Crippen LogP contribution in [0.3, 0.4) is 0 Å². The molecule has 0 aromatic rings. The highest BCUT2D eigenvalue weighted by Crippen LogP contribution is 2.50. The fourth-order valence-corrected chi connectivity index (χ4v) is 2.36. The van der Waals surface area contributed by atoms with E-state index in [9.17, 15) is 18.0 Å². The highest BCUT2D eigenvalue weighted by atomic mass is 19.4. The highest BCUT2D eigenvalue weighted by molar-refractivity contribution is 5.92. The summed E-state index contributed by atoms with van der Waals surface area (Å²) in [6, 6.07) is 0. The van der Waals surface area contributed by atoms with Crippen molar-refractivity contribution >= 4 is 5.97 Å². The normalized spacial score (nSPS) is 27.8. The minimum Gasteiger partial charge on any atom is -0.463 e.